The minimum atomic E-state index is 0.863. The van der Waals surface area contributed by atoms with Crippen molar-refractivity contribution < 1.29 is 0 Å². The molecule has 2 N–H and O–H groups in total. The highest BCUT2D eigenvalue weighted by Gasteiger charge is 2.05. The number of thioether (sulfide) groups is 1. The maximum absolute atomic E-state index is 5.50. The van der Waals surface area contributed by atoms with Crippen LogP contribution >= 0.6 is 24.0 Å². The topological polar surface area (TPSA) is 27.8 Å². The molecule has 4 heteroatoms. The van der Waals surface area contributed by atoms with Crippen LogP contribution < -0.4 is 5.32 Å². The van der Waals surface area contributed by atoms with Gasteiger partial charge in [0.05, 0.1) is 0 Å². The third-order valence-electron chi connectivity index (χ3n) is 4.82. The Bertz CT molecular complexity index is 1060. The van der Waals surface area contributed by atoms with Crippen LogP contribution in [0, 0.1) is 0 Å². The van der Waals surface area contributed by atoms with E-state index in [1.807, 2.05) is 0 Å². The van der Waals surface area contributed by atoms with E-state index in [0.717, 1.165) is 29.5 Å². The van der Waals surface area contributed by atoms with Gasteiger partial charge in [-0.15, -0.1) is 0 Å². The predicted molar refractivity (Wildman–Crippen MR) is 123 cm³/mol. The van der Waals surface area contributed by atoms with Crippen molar-refractivity contribution in [2.24, 2.45) is 0 Å². The van der Waals surface area contributed by atoms with Crippen molar-refractivity contribution in [3.05, 3.63) is 84.1 Å². The Morgan fingerprint density at radius 3 is 2.56 bits per heavy atom. The third kappa shape index (κ3) is 4.34. The second-order valence-corrected chi connectivity index (χ2v) is 8.33. The summed E-state index contributed by atoms with van der Waals surface area (Å²) in [5.74, 6) is 0.993. The number of para-hydroxylation sites is 1. The molecule has 0 bridgehead atoms. The Labute approximate surface area is 169 Å². The summed E-state index contributed by atoms with van der Waals surface area (Å²) in [7, 11) is 0. The first-order valence-corrected chi connectivity index (χ1v) is 10.6. The lowest BCUT2D eigenvalue weighted by Crippen LogP contribution is -2.21. The lowest BCUT2D eigenvalue weighted by molar-refractivity contribution is 0.887. The molecule has 0 aliphatic carbocycles. The summed E-state index contributed by atoms with van der Waals surface area (Å²) in [5.41, 5.74) is 3.92. The molecule has 0 radical (unpaired) electrons. The van der Waals surface area contributed by atoms with Crippen molar-refractivity contribution in [3.8, 4) is 0 Å². The number of benzene rings is 3. The number of rotatable bonds is 6. The summed E-state index contributed by atoms with van der Waals surface area (Å²) in [6.45, 7) is 0.863. The maximum Gasteiger partial charge on any atom is 0.133 e. The fourth-order valence-corrected chi connectivity index (χ4v) is 4.52. The maximum atomic E-state index is 5.50. The molecule has 4 rings (SSSR count). The molecule has 0 unspecified atom stereocenters. The van der Waals surface area contributed by atoms with Crippen molar-refractivity contribution in [2.75, 3.05) is 12.3 Å². The van der Waals surface area contributed by atoms with E-state index in [1.165, 1.54) is 32.8 Å². The quantitative estimate of drug-likeness (QED) is 0.413. The molecule has 0 saturated heterocycles. The van der Waals surface area contributed by atoms with Crippen molar-refractivity contribution in [1.82, 2.24) is 10.3 Å². The highest BCUT2D eigenvalue weighted by molar-refractivity contribution is 8.22. The van der Waals surface area contributed by atoms with Gasteiger partial charge in [0, 0.05) is 29.4 Å². The number of aromatic nitrogens is 1. The molecule has 2 nitrogen and oxygen atoms in total. The molecule has 0 fully saturated rings. The number of aryl methyl sites for hydroxylation is 1. The van der Waals surface area contributed by atoms with E-state index < -0.39 is 0 Å². The van der Waals surface area contributed by atoms with Crippen molar-refractivity contribution in [3.63, 3.8) is 0 Å². The molecule has 1 heterocycles. The minimum absolute atomic E-state index is 0.863. The molecule has 0 spiro atoms. The van der Waals surface area contributed by atoms with Crippen LogP contribution in [0.4, 0.5) is 0 Å². The SMILES string of the molecule is S=C(NCCc1c[nH]c2ccccc12)SCCc1cccc2ccccc12. The van der Waals surface area contributed by atoms with Gasteiger partial charge in [0.1, 0.15) is 4.32 Å². The summed E-state index contributed by atoms with van der Waals surface area (Å²) in [6, 6.07) is 23.5. The van der Waals surface area contributed by atoms with Gasteiger partial charge in [0.15, 0.2) is 0 Å². The zero-order chi connectivity index (χ0) is 18.5. The van der Waals surface area contributed by atoms with E-state index >= 15 is 0 Å². The number of fused-ring (bicyclic) bond motifs is 2. The molecular formula is C23H22N2S2. The van der Waals surface area contributed by atoms with E-state index in [9.17, 15) is 0 Å². The second-order valence-electron chi connectivity index (χ2n) is 6.56. The molecule has 1 aromatic heterocycles. The van der Waals surface area contributed by atoms with Crippen LogP contribution in [-0.4, -0.2) is 21.6 Å². The fourth-order valence-electron chi connectivity index (χ4n) is 3.45. The number of hydrogen-bond donors (Lipinski definition) is 2. The number of aromatic amines is 1. The highest BCUT2D eigenvalue weighted by atomic mass is 32.2. The number of hydrogen-bond acceptors (Lipinski definition) is 2. The van der Waals surface area contributed by atoms with Crippen LogP contribution in [-0.2, 0) is 12.8 Å². The standard InChI is InChI=1S/C23H22N2S2/c26-23(24-14-12-19-16-25-22-11-4-3-10-21(19)22)27-15-13-18-8-5-7-17-6-1-2-9-20(17)18/h1-11,16,25H,12-15H2,(H,24,26). The van der Waals surface area contributed by atoms with E-state index in [2.05, 4.69) is 83.2 Å². The van der Waals surface area contributed by atoms with Crippen molar-refractivity contribution >= 4 is 50.0 Å². The van der Waals surface area contributed by atoms with Gasteiger partial charge in [-0.3, -0.25) is 0 Å². The lowest BCUT2D eigenvalue weighted by atomic mass is 10.0. The Hall–Kier alpha value is -2.30. The Morgan fingerprint density at radius 1 is 0.852 bits per heavy atom. The molecule has 3 aromatic carbocycles. The molecule has 136 valence electrons. The van der Waals surface area contributed by atoms with Crippen molar-refractivity contribution in [1.29, 1.82) is 0 Å². The van der Waals surface area contributed by atoms with Crippen LogP contribution in [0.3, 0.4) is 0 Å². The molecule has 27 heavy (non-hydrogen) atoms. The third-order valence-corrected chi connectivity index (χ3v) is 6.14. The summed E-state index contributed by atoms with van der Waals surface area (Å²) >= 11 is 7.23. The molecule has 4 aromatic rings. The van der Waals surface area contributed by atoms with Crippen LogP contribution in [0.5, 0.6) is 0 Å². The zero-order valence-corrected chi connectivity index (χ0v) is 16.7. The highest BCUT2D eigenvalue weighted by Crippen LogP contribution is 2.20. The van der Waals surface area contributed by atoms with Gasteiger partial charge < -0.3 is 10.3 Å². The van der Waals surface area contributed by atoms with Gasteiger partial charge in [-0.2, -0.15) is 0 Å². The summed E-state index contributed by atoms with van der Waals surface area (Å²) in [6.07, 6.45) is 4.09. The fraction of sp³-hybridized carbons (Fsp3) is 0.174. The summed E-state index contributed by atoms with van der Waals surface area (Å²) in [4.78, 5) is 3.33. The van der Waals surface area contributed by atoms with Gasteiger partial charge in [-0.25, -0.2) is 0 Å². The van der Waals surface area contributed by atoms with Gasteiger partial charge in [0.2, 0.25) is 0 Å². The van der Waals surface area contributed by atoms with E-state index in [4.69, 9.17) is 12.2 Å². The molecule has 0 saturated carbocycles. The summed E-state index contributed by atoms with van der Waals surface area (Å²) < 4.78 is 0.884. The molecule has 0 aliphatic heterocycles. The van der Waals surface area contributed by atoms with Crippen molar-refractivity contribution in [2.45, 2.75) is 12.8 Å². The van der Waals surface area contributed by atoms with Crippen LogP contribution in [0.15, 0.2) is 72.9 Å². The number of H-pyrrole nitrogens is 1. The Kier molecular flexibility index (Phi) is 5.75. The van der Waals surface area contributed by atoms with Gasteiger partial charge in [-0.1, -0.05) is 84.6 Å². The Balaban J connectivity index is 1.25. The predicted octanol–water partition coefficient (Wildman–Crippen LogP) is 5.71. The van der Waals surface area contributed by atoms with Gasteiger partial charge in [-0.05, 0) is 40.8 Å². The van der Waals surface area contributed by atoms with Crippen LogP contribution in [0.2, 0.25) is 0 Å². The molecule has 0 amide bonds. The van der Waals surface area contributed by atoms with E-state index in [-0.39, 0.29) is 0 Å². The van der Waals surface area contributed by atoms with Gasteiger partial charge >= 0.3 is 0 Å². The smallest absolute Gasteiger partial charge is 0.133 e. The zero-order valence-electron chi connectivity index (χ0n) is 15.1. The molecule has 0 aliphatic rings. The van der Waals surface area contributed by atoms with E-state index in [0.29, 0.717) is 0 Å². The summed E-state index contributed by atoms with van der Waals surface area (Å²) in [5, 5.41) is 7.34. The van der Waals surface area contributed by atoms with Gasteiger partial charge in [0.25, 0.3) is 0 Å². The first-order valence-electron chi connectivity index (χ1n) is 9.23. The first-order chi connectivity index (χ1) is 13.3. The minimum Gasteiger partial charge on any atom is -0.371 e. The lowest BCUT2D eigenvalue weighted by Gasteiger charge is -2.09. The second kappa shape index (κ2) is 8.59. The van der Waals surface area contributed by atoms with Crippen LogP contribution in [0.25, 0.3) is 21.7 Å². The molecular weight excluding hydrogens is 368 g/mol. The van der Waals surface area contributed by atoms with E-state index in [1.54, 1.807) is 11.8 Å². The largest absolute Gasteiger partial charge is 0.371 e. The Morgan fingerprint density at radius 2 is 1.63 bits per heavy atom. The van der Waals surface area contributed by atoms with Crippen LogP contribution in [0.1, 0.15) is 11.1 Å². The number of thiocarbonyl (C=S) groups is 1. The normalized spacial score (nSPS) is 11.1. The first kappa shape index (κ1) is 18.1. The average Bonchev–Trinajstić information content (AvgIpc) is 3.11. The monoisotopic (exact) mass is 390 g/mol. The number of nitrogens with one attached hydrogen (secondary N) is 2. The molecule has 0 atom stereocenters. The average molecular weight is 391 g/mol.